The molecule has 5 aromatic carbocycles. The van der Waals surface area contributed by atoms with Crippen molar-refractivity contribution in [2.75, 3.05) is 0 Å². The van der Waals surface area contributed by atoms with Crippen LogP contribution in [0.15, 0.2) is 115 Å². The van der Waals surface area contributed by atoms with Crippen molar-refractivity contribution in [3.05, 3.63) is 115 Å². The first kappa shape index (κ1) is 21.4. The molecule has 182 valence electrons. The molecule has 4 heterocycles. The van der Waals surface area contributed by atoms with Gasteiger partial charge in [-0.3, -0.25) is 4.57 Å². The van der Waals surface area contributed by atoms with Gasteiger partial charge in [-0.05, 0) is 30.3 Å². The van der Waals surface area contributed by atoms with Gasteiger partial charge in [-0.25, -0.2) is 9.97 Å². The van der Waals surface area contributed by atoms with Gasteiger partial charge in [-0.15, -0.1) is 22.7 Å². The van der Waals surface area contributed by atoms with Gasteiger partial charge < -0.3 is 0 Å². The van der Waals surface area contributed by atoms with E-state index in [1.54, 1.807) is 11.3 Å². The van der Waals surface area contributed by atoms with Crippen LogP contribution in [0.4, 0.5) is 0 Å². The molecule has 9 aromatic rings. The quantitative estimate of drug-likeness (QED) is 0.221. The van der Waals surface area contributed by atoms with Crippen LogP contribution in [0.1, 0.15) is 0 Å². The van der Waals surface area contributed by atoms with Gasteiger partial charge in [0.05, 0.1) is 16.7 Å². The fraction of sp³-hybridized carbons (Fsp3) is 0. The zero-order valence-corrected chi connectivity index (χ0v) is 22.3. The maximum atomic E-state index is 5.32. The van der Waals surface area contributed by atoms with Gasteiger partial charge in [-0.1, -0.05) is 84.9 Å². The van der Waals surface area contributed by atoms with Crippen LogP contribution < -0.4 is 0 Å². The molecule has 0 aliphatic rings. The normalized spacial score (nSPS) is 12.1. The van der Waals surface area contributed by atoms with Crippen molar-refractivity contribution in [1.82, 2.24) is 14.5 Å². The van der Waals surface area contributed by atoms with E-state index in [1.165, 1.54) is 41.0 Å². The van der Waals surface area contributed by atoms with E-state index in [2.05, 4.69) is 120 Å². The molecule has 0 unspecified atom stereocenters. The lowest BCUT2D eigenvalue weighted by molar-refractivity contribution is 1.02. The third-order valence-electron chi connectivity index (χ3n) is 7.65. The summed E-state index contributed by atoms with van der Waals surface area (Å²) in [6.45, 7) is 0. The highest BCUT2D eigenvalue weighted by Gasteiger charge is 2.20. The molecule has 0 spiro atoms. The molecular weight excluding hydrogens is 515 g/mol. The first-order valence-electron chi connectivity index (χ1n) is 12.9. The second kappa shape index (κ2) is 7.96. The highest BCUT2D eigenvalue weighted by atomic mass is 32.1. The number of hydrogen-bond donors (Lipinski definition) is 0. The van der Waals surface area contributed by atoms with Gasteiger partial charge in [-0.2, -0.15) is 0 Å². The Labute approximate surface area is 231 Å². The number of thiophene rings is 2. The second-order valence-corrected chi connectivity index (χ2v) is 11.9. The molecule has 0 radical (unpaired) electrons. The Morgan fingerprint density at radius 1 is 0.487 bits per heavy atom. The van der Waals surface area contributed by atoms with E-state index in [4.69, 9.17) is 9.97 Å². The van der Waals surface area contributed by atoms with Crippen molar-refractivity contribution in [2.45, 2.75) is 0 Å². The number of nitrogens with zero attached hydrogens (tertiary/aromatic N) is 3. The standard InChI is InChI=1S/C34H19N3S2/c1-2-10-20(11-3-1)32-31-23-14-6-9-17-29(23)39-33(31)36-34(35-32)37-26-15-7-4-12-21(26)24-18-25-22-13-5-8-16-28(22)38-30(25)19-27(24)37/h1-19H. The fourth-order valence-electron chi connectivity index (χ4n) is 5.92. The summed E-state index contributed by atoms with van der Waals surface area (Å²) < 4.78 is 6.07. The Bertz CT molecular complexity index is 2390. The lowest BCUT2D eigenvalue weighted by atomic mass is 10.1. The number of benzene rings is 5. The minimum absolute atomic E-state index is 0.708. The Morgan fingerprint density at radius 2 is 1.18 bits per heavy atom. The first-order chi connectivity index (χ1) is 19.3. The Hall–Kier alpha value is -4.58. The summed E-state index contributed by atoms with van der Waals surface area (Å²) in [7, 11) is 0. The van der Waals surface area contributed by atoms with E-state index < -0.39 is 0 Å². The van der Waals surface area contributed by atoms with Crippen LogP contribution in [0.2, 0.25) is 0 Å². The summed E-state index contributed by atoms with van der Waals surface area (Å²) >= 11 is 3.58. The third-order valence-corrected chi connectivity index (χ3v) is 9.84. The topological polar surface area (TPSA) is 30.7 Å². The van der Waals surface area contributed by atoms with Crippen LogP contribution in [0.5, 0.6) is 0 Å². The summed E-state index contributed by atoms with van der Waals surface area (Å²) in [5.74, 6) is 0.708. The van der Waals surface area contributed by atoms with Crippen LogP contribution in [-0.4, -0.2) is 14.5 Å². The Balaban J connectivity index is 1.44. The first-order valence-corrected chi connectivity index (χ1v) is 14.6. The average molecular weight is 534 g/mol. The number of hydrogen-bond acceptors (Lipinski definition) is 4. The zero-order chi connectivity index (χ0) is 25.5. The van der Waals surface area contributed by atoms with Gasteiger partial charge in [0, 0.05) is 52.0 Å². The molecule has 0 bridgehead atoms. The van der Waals surface area contributed by atoms with Gasteiger partial charge in [0.15, 0.2) is 0 Å². The van der Waals surface area contributed by atoms with Crippen molar-refractivity contribution >= 4 is 85.0 Å². The lowest BCUT2D eigenvalue weighted by Gasteiger charge is -2.10. The molecule has 0 atom stereocenters. The van der Waals surface area contributed by atoms with Crippen LogP contribution in [-0.2, 0) is 0 Å². The molecule has 0 N–H and O–H groups in total. The highest BCUT2D eigenvalue weighted by Crippen LogP contribution is 2.42. The minimum Gasteiger partial charge on any atom is -0.278 e. The van der Waals surface area contributed by atoms with Crippen LogP contribution in [0.25, 0.3) is 79.5 Å². The predicted octanol–water partition coefficient (Wildman–Crippen LogP) is 9.98. The van der Waals surface area contributed by atoms with Crippen molar-refractivity contribution in [1.29, 1.82) is 0 Å². The number of aromatic nitrogens is 3. The molecule has 0 saturated heterocycles. The van der Waals surface area contributed by atoms with Gasteiger partial charge in [0.25, 0.3) is 0 Å². The minimum atomic E-state index is 0.708. The summed E-state index contributed by atoms with van der Waals surface area (Å²) in [5.41, 5.74) is 4.33. The zero-order valence-electron chi connectivity index (χ0n) is 20.6. The van der Waals surface area contributed by atoms with E-state index in [1.807, 2.05) is 11.3 Å². The smallest absolute Gasteiger partial charge is 0.236 e. The van der Waals surface area contributed by atoms with Crippen molar-refractivity contribution in [3.63, 3.8) is 0 Å². The van der Waals surface area contributed by atoms with E-state index in [0.717, 1.165) is 32.5 Å². The number of para-hydroxylation sites is 1. The number of fused-ring (bicyclic) bond motifs is 9. The lowest BCUT2D eigenvalue weighted by Crippen LogP contribution is -2.02. The molecule has 0 aliphatic heterocycles. The molecule has 0 aliphatic carbocycles. The third kappa shape index (κ3) is 3.03. The van der Waals surface area contributed by atoms with Gasteiger partial charge in [0.2, 0.25) is 5.95 Å². The summed E-state index contributed by atoms with van der Waals surface area (Å²) in [6, 6.07) is 41.0. The SMILES string of the molecule is c1ccc(-c2nc(-n3c4ccccc4c4cc5c(cc43)sc3ccccc35)nc3sc4ccccc4c23)cc1. The molecule has 9 rings (SSSR count). The summed E-state index contributed by atoms with van der Waals surface area (Å²) in [6.07, 6.45) is 0. The fourth-order valence-corrected chi connectivity index (χ4v) is 8.11. The van der Waals surface area contributed by atoms with E-state index >= 15 is 0 Å². The second-order valence-electron chi connectivity index (χ2n) is 9.83. The van der Waals surface area contributed by atoms with Crippen LogP contribution >= 0.6 is 22.7 Å². The summed E-state index contributed by atoms with van der Waals surface area (Å²) in [5, 5.41) is 7.38. The van der Waals surface area contributed by atoms with Gasteiger partial charge >= 0.3 is 0 Å². The largest absolute Gasteiger partial charge is 0.278 e. The molecule has 0 amide bonds. The summed E-state index contributed by atoms with van der Waals surface area (Å²) in [4.78, 5) is 11.6. The maximum Gasteiger partial charge on any atom is 0.236 e. The Morgan fingerprint density at radius 3 is 2.03 bits per heavy atom. The van der Waals surface area contributed by atoms with Crippen molar-refractivity contribution in [2.24, 2.45) is 0 Å². The van der Waals surface area contributed by atoms with Gasteiger partial charge in [0.1, 0.15) is 4.83 Å². The highest BCUT2D eigenvalue weighted by molar-refractivity contribution is 7.26. The molecule has 4 aromatic heterocycles. The van der Waals surface area contributed by atoms with Crippen LogP contribution in [0, 0.1) is 0 Å². The van der Waals surface area contributed by atoms with E-state index in [-0.39, 0.29) is 0 Å². The van der Waals surface area contributed by atoms with Crippen molar-refractivity contribution < 1.29 is 0 Å². The van der Waals surface area contributed by atoms with Crippen molar-refractivity contribution in [3.8, 4) is 17.2 Å². The molecule has 0 saturated carbocycles. The molecule has 0 fully saturated rings. The molecule has 5 heteroatoms. The molecule has 3 nitrogen and oxygen atoms in total. The average Bonchev–Trinajstić information content (AvgIpc) is 3.65. The maximum absolute atomic E-state index is 5.32. The molecular formula is C34H19N3S2. The number of rotatable bonds is 2. The monoisotopic (exact) mass is 533 g/mol. The van der Waals surface area contributed by atoms with E-state index in [9.17, 15) is 0 Å². The predicted molar refractivity (Wildman–Crippen MR) is 168 cm³/mol. The molecule has 39 heavy (non-hydrogen) atoms. The Kier molecular flexibility index (Phi) is 4.36. The van der Waals surface area contributed by atoms with Crippen LogP contribution in [0.3, 0.4) is 0 Å². The van der Waals surface area contributed by atoms with E-state index in [0.29, 0.717) is 5.95 Å².